The molecule has 0 fully saturated rings. The Bertz CT molecular complexity index is 602. The number of thiazole rings is 1. The SMILES string of the molecule is NCCc1nc(C(=O)Nc2cc(Br)ccc2Cl)cs1. The van der Waals surface area contributed by atoms with Crippen LogP contribution in [0.4, 0.5) is 5.69 Å². The van der Waals surface area contributed by atoms with Crippen molar-refractivity contribution in [1.82, 2.24) is 4.98 Å². The van der Waals surface area contributed by atoms with E-state index in [9.17, 15) is 4.79 Å². The van der Waals surface area contributed by atoms with Crippen LogP contribution in [0.3, 0.4) is 0 Å². The Morgan fingerprint density at radius 1 is 1.53 bits per heavy atom. The number of amides is 1. The second-order valence-corrected chi connectivity index (χ2v) is 6.01. The number of nitrogens with one attached hydrogen (secondary N) is 1. The first-order valence-electron chi connectivity index (χ1n) is 5.51. The van der Waals surface area contributed by atoms with Crippen molar-refractivity contribution in [3.8, 4) is 0 Å². The Morgan fingerprint density at radius 3 is 3.05 bits per heavy atom. The molecule has 0 atom stereocenters. The number of hydrogen-bond donors (Lipinski definition) is 2. The summed E-state index contributed by atoms with van der Waals surface area (Å²) in [7, 11) is 0. The van der Waals surface area contributed by atoms with Gasteiger partial charge >= 0.3 is 0 Å². The first-order valence-corrected chi connectivity index (χ1v) is 7.56. The Hall–Kier alpha value is -0.950. The number of nitrogens with zero attached hydrogens (tertiary/aromatic N) is 1. The zero-order chi connectivity index (χ0) is 13.8. The van der Waals surface area contributed by atoms with Crippen LogP contribution in [0.25, 0.3) is 0 Å². The molecule has 0 aliphatic rings. The fourth-order valence-electron chi connectivity index (χ4n) is 1.43. The predicted molar refractivity (Wildman–Crippen MR) is 82.0 cm³/mol. The Kier molecular flexibility index (Phi) is 4.93. The molecule has 0 bridgehead atoms. The van der Waals surface area contributed by atoms with Gasteiger partial charge in [-0.3, -0.25) is 4.79 Å². The molecule has 2 aromatic rings. The fraction of sp³-hybridized carbons (Fsp3) is 0.167. The van der Waals surface area contributed by atoms with E-state index in [1.807, 2.05) is 0 Å². The number of hydrogen-bond acceptors (Lipinski definition) is 4. The molecule has 2 rings (SSSR count). The van der Waals surface area contributed by atoms with Crippen LogP contribution in [0.5, 0.6) is 0 Å². The molecule has 0 spiro atoms. The fourth-order valence-corrected chi connectivity index (χ4v) is 2.75. The number of rotatable bonds is 4. The largest absolute Gasteiger partial charge is 0.330 e. The van der Waals surface area contributed by atoms with Gasteiger partial charge in [0.15, 0.2) is 0 Å². The molecular formula is C12H11BrClN3OS. The van der Waals surface area contributed by atoms with E-state index in [1.54, 1.807) is 23.6 Å². The van der Waals surface area contributed by atoms with Crippen molar-refractivity contribution in [2.24, 2.45) is 5.73 Å². The smallest absolute Gasteiger partial charge is 0.275 e. The standard InChI is InChI=1S/C12H11BrClN3OS/c13-7-1-2-8(14)9(5-7)17-12(18)10-6-19-11(16-10)3-4-15/h1-2,5-6H,3-4,15H2,(H,17,18). The van der Waals surface area contributed by atoms with E-state index < -0.39 is 0 Å². The van der Waals surface area contributed by atoms with Gasteiger partial charge in [0.25, 0.3) is 5.91 Å². The first-order chi connectivity index (χ1) is 9.10. The molecule has 19 heavy (non-hydrogen) atoms. The lowest BCUT2D eigenvalue weighted by Gasteiger charge is -2.06. The van der Waals surface area contributed by atoms with E-state index in [-0.39, 0.29) is 5.91 Å². The predicted octanol–water partition coefficient (Wildman–Crippen LogP) is 3.31. The number of nitrogens with two attached hydrogens (primary N) is 1. The third kappa shape index (κ3) is 3.76. The number of carbonyl (C=O) groups excluding carboxylic acids is 1. The van der Waals surface area contributed by atoms with Gasteiger partial charge in [0.1, 0.15) is 5.69 Å². The minimum absolute atomic E-state index is 0.278. The summed E-state index contributed by atoms with van der Waals surface area (Å²) in [5, 5.41) is 5.78. The highest BCUT2D eigenvalue weighted by Crippen LogP contribution is 2.26. The van der Waals surface area contributed by atoms with Crippen molar-refractivity contribution in [3.63, 3.8) is 0 Å². The average Bonchev–Trinajstić information content (AvgIpc) is 2.83. The highest BCUT2D eigenvalue weighted by molar-refractivity contribution is 9.10. The number of halogens is 2. The summed E-state index contributed by atoms with van der Waals surface area (Å²) in [6, 6.07) is 5.26. The molecule has 7 heteroatoms. The summed E-state index contributed by atoms with van der Waals surface area (Å²) in [5.41, 5.74) is 6.38. The lowest BCUT2D eigenvalue weighted by molar-refractivity contribution is 0.102. The molecule has 0 radical (unpaired) electrons. The molecule has 0 unspecified atom stereocenters. The highest BCUT2D eigenvalue weighted by atomic mass is 79.9. The van der Waals surface area contributed by atoms with Gasteiger partial charge in [-0.15, -0.1) is 11.3 Å². The van der Waals surface area contributed by atoms with Crippen LogP contribution < -0.4 is 11.1 Å². The van der Waals surface area contributed by atoms with Crippen LogP contribution in [0.15, 0.2) is 28.1 Å². The lowest BCUT2D eigenvalue weighted by Crippen LogP contribution is -2.13. The number of aromatic nitrogens is 1. The first kappa shape index (κ1) is 14.5. The maximum Gasteiger partial charge on any atom is 0.275 e. The zero-order valence-corrected chi connectivity index (χ0v) is 13.0. The summed E-state index contributed by atoms with van der Waals surface area (Å²) in [5.74, 6) is -0.278. The summed E-state index contributed by atoms with van der Waals surface area (Å²) in [6.07, 6.45) is 0.676. The number of carbonyl (C=O) groups is 1. The Morgan fingerprint density at radius 2 is 2.32 bits per heavy atom. The van der Waals surface area contributed by atoms with E-state index in [4.69, 9.17) is 17.3 Å². The van der Waals surface area contributed by atoms with Crippen molar-refractivity contribution in [2.75, 3.05) is 11.9 Å². The second-order valence-electron chi connectivity index (χ2n) is 3.74. The van der Waals surface area contributed by atoms with E-state index >= 15 is 0 Å². The lowest BCUT2D eigenvalue weighted by atomic mass is 10.3. The van der Waals surface area contributed by atoms with Gasteiger partial charge < -0.3 is 11.1 Å². The third-order valence-corrected chi connectivity index (χ3v) is 4.05. The van der Waals surface area contributed by atoms with Crippen LogP contribution in [-0.4, -0.2) is 17.4 Å². The zero-order valence-electron chi connectivity index (χ0n) is 9.82. The van der Waals surface area contributed by atoms with Crippen LogP contribution in [0, 0.1) is 0 Å². The van der Waals surface area contributed by atoms with Gasteiger partial charge in [-0.25, -0.2) is 4.98 Å². The van der Waals surface area contributed by atoms with Gasteiger partial charge in [-0.1, -0.05) is 27.5 Å². The van der Waals surface area contributed by atoms with Crippen LogP contribution in [0.2, 0.25) is 5.02 Å². The molecule has 0 aliphatic heterocycles. The molecular weight excluding hydrogens is 350 g/mol. The number of benzene rings is 1. The number of anilines is 1. The minimum atomic E-state index is -0.278. The molecule has 3 N–H and O–H groups in total. The van der Waals surface area contributed by atoms with E-state index in [2.05, 4.69) is 26.2 Å². The molecule has 0 aliphatic carbocycles. The van der Waals surface area contributed by atoms with E-state index in [0.29, 0.717) is 29.4 Å². The monoisotopic (exact) mass is 359 g/mol. The Labute approximate surface area is 128 Å². The molecule has 1 amide bonds. The maximum atomic E-state index is 12.0. The average molecular weight is 361 g/mol. The van der Waals surface area contributed by atoms with Gasteiger partial charge in [-0.05, 0) is 24.7 Å². The topological polar surface area (TPSA) is 68.0 Å². The van der Waals surface area contributed by atoms with Crippen molar-refractivity contribution in [1.29, 1.82) is 0 Å². The molecule has 0 saturated carbocycles. The quantitative estimate of drug-likeness (QED) is 0.879. The van der Waals surface area contributed by atoms with Crippen molar-refractivity contribution >= 4 is 50.5 Å². The van der Waals surface area contributed by atoms with Gasteiger partial charge in [0.2, 0.25) is 0 Å². The summed E-state index contributed by atoms with van der Waals surface area (Å²) in [6.45, 7) is 0.520. The van der Waals surface area contributed by atoms with Gasteiger partial charge in [0, 0.05) is 16.3 Å². The molecule has 4 nitrogen and oxygen atoms in total. The van der Waals surface area contributed by atoms with E-state index in [0.717, 1.165) is 9.48 Å². The Balaban J connectivity index is 2.13. The van der Waals surface area contributed by atoms with Crippen molar-refractivity contribution < 1.29 is 4.79 Å². The van der Waals surface area contributed by atoms with Gasteiger partial charge in [-0.2, -0.15) is 0 Å². The molecule has 100 valence electrons. The summed E-state index contributed by atoms with van der Waals surface area (Å²) >= 11 is 10.8. The summed E-state index contributed by atoms with van der Waals surface area (Å²) in [4.78, 5) is 16.2. The minimum Gasteiger partial charge on any atom is -0.330 e. The molecule has 1 aromatic carbocycles. The molecule has 1 aromatic heterocycles. The third-order valence-electron chi connectivity index (χ3n) is 2.32. The van der Waals surface area contributed by atoms with Crippen molar-refractivity contribution in [2.45, 2.75) is 6.42 Å². The summed E-state index contributed by atoms with van der Waals surface area (Å²) < 4.78 is 0.842. The highest BCUT2D eigenvalue weighted by Gasteiger charge is 2.12. The molecule has 1 heterocycles. The van der Waals surface area contributed by atoms with E-state index in [1.165, 1.54) is 11.3 Å². The van der Waals surface area contributed by atoms with Crippen molar-refractivity contribution in [3.05, 3.63) is 43.8 Å². The van der Waals surface area contributed by atoms with Crippen LogP contribution in [0.1, 0.15) is 15.5 Å². The molecule has 0 saturated heterocycles. The van der Waals surface area contributed by atoms with Crippen LogP contribution in [-0.2, 0) is 6.42 Å². The second kappa shape index (κ2) is 6.47. The van der Waals surface area contributed by atoms with Gasteiger partial charge in [0.05, 0.1) is 15.7 Å². The van der Waals surface area contributed by atoms with Crippen LogP contribution >= 0.6 is 38.9 Å². The maximum absolute atomic E-state index is 12.0. The normalized spacial score (nSPS) is 10.5.